The number of alkyl halides is 24. The summed E-state index contributed by atoms with van der Waals surface area (Å²) in [6, 6.07) is 22.9. The molecule has 0 fully saturated rings. The predicted octanol–water partition coefficient (Wildman–Crippen LogP) is 26.7. The molecule has 0 unspecified atom stereocenters. The monoisotopic (exact) mass is 1530 g/mol. The lowest BCUT2D eigenvalue weighted by molar-refractivity contribution is -0.144. The van der Waals surface area contributed by atoms with Crippen LogP contribution in [0.1, 0.15) is 44.5 Å². The smallest absolute Gasteiger partial charge is 0.408 e. The van der Waals surface area contributed by atoms with E-state index in [0.717, 1.165) is 24.3 Å². The Labute approximate surface area is 571 Å². The first kappa shape index (κ1) is 71.6. The Morgan fingerprint density at radius 3 is 0.629 bits per heavy atom. The van der Waals surface area contributed by atoms with Crippen molar-refractivity contribution in [3.8, 4) is 89.8 Å². The zero-order valence-electron chi connectivity index (χ0n) is 51.4. The standard InChI is InChI=1S/C72H33F24NO6P2/c73-65(74,75)41-17-37(18-42(29-41)66(76,77)78)53-25-33-9-1-5-13-49(33)57-58-50-14-6-2-10-34(50)26-54(38-19-43(67(79,80)81)30-44(20-38)68(82,83)84)62(58)101-104(98,100-61(53)57)97-105(99)102-63-55(39-21-45(69(85,86)87)31-46(22-39)70(88,89)90)27-35-11-3-7-15-51(35)59(63)60-52-16-8-4-12-36(52)28-56(64(60)103-105)40-23-47(71(91,92)93)32-48(24-40)72(94,95)96/h1-32,98H. The summed E-state index contributed by atoms with van der Waals surface area (Å²) in [7, 11) is -13.5. The van der Waals surface area contributed by atoms with Gasteiger partial charge < -0.3 is 18.1 Å². The van der Waals surface area contributed by atoms with Crippen molar-refractivity contribution in [1.82, 2.24) is 0 Å². The molecule has 0 aromatic heterocycles. The molecule has 105 heavy (non-hydrogen) atoms. The topological polar surface area (TPSA) is 86.6 Å². The molecule has 0 amide bonds. The van der Waals surface area contributed by atoms with Gasteiger partial charge in [-0.05, 0) is 162 Å². The van der Waals surface area contributed by atoms with Crippen molar-refractivity contribution >= 4 is 58.6 Å². The zero-order valence-corrected chi connectivity index (χ0v) is 53.2. The molecule has 0 aliphatic carbocycles. The molecule has 0 radical (unpaired) electrons. The number of benzene rings is 12. The molecule has 0 spiro atoms. The fraction of sp³-hybridized carbons (Fsp3) is 0.111. The number of hydrogen-bond acceptors (Lipinski definition) is 5. The molecule has 0 saturated heterocycles. The van der Waals surface area contributed by atoms with Crippen LogP contribution in [0.25, 0.3) is 110 Å². The maximum atomic E-state index is 17.2. The third-order valence-electron chi connectivity index (χ3n) is 17.2. The highest BCUT2D eigenvalue weighted by atomic mass is 31.2. The van der Waals surface area contributed by atoms with Gasteiger partial charge in [-0.15, -0.1) is 0 Å². The third kappa shape index (κ3) is 13.2. The van der Waals surface area contributed by atoms with E-state index in [9.17, 15) is 4.89 Å². The van der Waals surface area contributed by atoms with Crippen molar-refractivity contribution < 1.29 is 133 Å². The Bertz CT molecular complexity index is 5300. The molecule has 1 N–H and O–H groups in total. The molecule has 14 rings (SSSR count). The minimum atomic E-state index is -6.83. The number of fused-ring (bicyclic) bond motifs is 14. The van der Waals surface area contributed by atoms with Crippen LogP contribution in [0.4, 0.5) is 105 Å². The van der Waals surface area contributed by atoms with E-state index in [1.807, 2.05) is 0 Å². The molecule has 0 atom stereocenters. The molecule has 2 heterocycles. The summed E-state index contributed by atoms with van der Waals surface area (Å²) < 4.78 is 407. The molecule has 0 bridgehead atoms. The summed E-state index contributed by atoms with van der Waals surface area (Å²) in [5, 5.41) is -1.85. The fourth-order valence-electron chi connectivity index (χ4n) is 12.7. The van der Waals surface area contributed by atoms with Gasteiger partial charge >= 0.3 is 64.9 Å². The highest BCUT2D eigenvalue weighted by Crippen LogP contribution is 2.71. The lowest BCUT2D eigenvalue weighted by atomic mass is 9.85. The van der Waals surface area contributed by atoms with Gasteiger partial charge in [0, 0.05) is 44.5 Å². The van der Waals surface area contributed by atoms with Gasteiger partial charge in [-0.3, -0.25) is 4.89 Å². The van der Waals surface area contributed by atoms with Crippen molar-refractivity contribution in [2.45, 2.75) is 49.4 Å². The molecule has 2 aliphatic rings. The minimum Gasteiger partial charge on any atom is -0.408 e. The largest absolute Gasteiger partial charge is 0.569 e. The summed E-state index contributed by atoms with van der Waals surface area (Å²) in [4.78, 5) is 13.8. The van der Waals surface area contributed by atoms with E-state index in [0.29, 0.717) is 0 Å². The first-order valence-electron chi connectivity index (χ1n) is 29.9. The number of rotatable bonds is 5. The van der Waals surface area contributed by atoms with Crippen LogP contribution >= 0.6 is 15.5 Å². The summed E-state index contributed by atoms with van der Waals surface area (Å²) in [5.41, 5.74) is -27.4. The van der Waals surface area contributed by atoms with Crippen LogP contribution < -0.4 is 18.1 Å². The van der Waals surface area contributed by atoms with Crippen LogP contribution in [-0.4, -0.2) is 4.89 Å². The van der Waals surface area contributed by atoms with Gasteiger partial charge in [0.05, 0.1) is 44.5 Å². The van der Waals surface area contributed by atoms with Gasteiger partial charge in [-0.2, -0.15) is 105 Å². The van der Waals surface area contributed by atoms with Gasteiger partial charge in [-0.25, -0.2) is 4.57 Å². The van der Waals surface area contributed by atoms with Crippen molar-refractivity contribution in [3.05, 3.63) is 239 Å². The summed E-state index contributed by atoms with van der Waals surface area (Å²) in [5.74, 6) is -4.87. The maximum absolute atomic E-state index is 17.2. The SMILES string of the molecule is O=P1(N=P2(O)Oc3c(-c4cc(C(F)(F)F)cc(C(F)(F)F)c4)cc4ccccc4c3-c3c(c(-c4cc(C(F)(F)F)cc(C(F)(F)F)c4)cc4ccccc34)O2)Oc2c(-c3cc(C(F)(F)F)cc(C(F)(F)F)c3)cc3ccccc3c2-c2c(c(-c3cc(C(F)(F)F)cc(C(F)(F)F)c3)cc3ccccc23)O1. The van der Waals surface area contributed by atoms with Gasteiger partial charge in [0.2, 0.25) is 0 Å². The fourth-order valence-corrected chi connectivity index (χ4v) is 16.2. The van der Waals surface area contributed by atoms with Crippen LogP contribution in [0.5, 0.6) is 23.0 Å². The summed E-state index contributed by atoms with van der Waals surface area (Å²) >= 11 is 0. The van der Waals surface area contributed by atoms with E-state index in [2.05, 4.69) is 4.52 Å². The van der Waals surface area contributed by atoms with Crippen LogP contribution in [0.15, 0.2) is 199 Å². The molecule has 540 valence electrons. The van der Waals surface area contributed by atoms with E-state index in [4.69, 9.17) is 18.1 Å². The molecular weight excluding hydrogens is 1490 g/mol. The lowest BCUT2D eigenvalue weighted by Gasteiger charge is -2.24. The molecular formula is C72H33F24NO6P2. The Morgan fingerprint density at radius 2 is 0.438 bits per heavy atom. The maximum Gasteiger partial charge on any atom is 0.569 e. The van der Waals surface area contributed by atoms with E-state index >= 15 is 110 Å². The second-order valence-corrected chi connectivity index (χ2v) is 27.4. The van der Waals surface area contributed by atoms with Crippen molar-refractivity contribution in [3.63, 3.8) is 0 Å². The van der Waals surface area contributed by atoms with Crippen molar-refractivity contribution in [2.24, 2.45) is 4.52 Å². The van der Waals surface area contributed by atoms with Crippen molar-refractivity contribution in [2.75, 3.05) is 0 Å². The van der Waals surface area contributed by atoms with E-state index in [1.54, 1.807) is 0 Å². The molecule has 12 aromatic carbocycles. The Kier molecular flexibility index (Phi) is 16.4. The summed E-state index contributed by atoms with van der Waals surface area (Å²) in [6.45, 7) is 0. The highest BCUT2D eigenvalue weighted by molar-refractivity contribution is 7.64. The number of hydrogen-bond donors (Lipinski definition) is 1. The Hall–Kier alpha value is -10.4. The van der Waals surface area contributed by atoms with E-state index < -0.39 is 199 Å². The second kappa shape index (κ2) is 24.1. The number of nitrogens with zero attached hydrogens (tertiary/aromatic N) is 1. The van der Waals surface area contributed by atoms with Crippen LogP contribution in [0.2, 0.25) is 0 Å². The quantitative estimate of drug-likeness (QED) is 0.136. The number of halogens is 24. The second-order valence-electron chi connectivity index (χ2n) is 24.0. The first-order valence-corrected chi connectivity index (χ1v) is 32.9. The first-order chi connectivity index (χ1) is 48.7. The lowest BCUT2D eigenvalue weighted by Crippen LogP contribution is -2.11. The zero-order chi connectivity index (χ0) is 75.6. The predicted molar refractivity (Wildman–Crippen MR) is 337 cm³/mol. The molecule has 33 heteroatoms. The average molecular weight is 1530 g/mol. The molecule has 7 nitrogen and oxygen atoms in total. The Balaban J connectivity index is 1.18. The van der Waals surface area contributed by atoms with E-state index in [1.165, 1.54) is 97.1 Å². The molecule has 12 aromatic rings. The summed E-state index contributed by atoms with van der Waals surface area (Å²) in [6.07, 6.45) is -45.3. The van der Waals surface area contributed by atoms with Gasteiger partial charge in [0.15, 0.2) is 0 Å². The normalized spacial score (nSPS) is 14.8. The van der Waals surface area contributed by atoms with Crippen molar-refractivity contribution in [1.29, 1.82) is 0 Å². The minimum absolute atomic E-state index is 0.132. The van der Waals surface area contributed by atoms with E-state index in [-0.39, 0.29) is 116 Å². The van der Waals surface area contributed by atoms with Crippen LogP contribution in [0.3, 0.4) is 0 Å². The van der Waals surface area contributed by atoms with Crippen LogP contribution in [0, 0.1) is 0 Å². The average Bonchev–Trinajstić information content (AvgIpc) is 1.61. The van der Waals surface area contributed by atoms with Gasteiger partial charge in [0.1, 0.15) is 23.0 Å². The Morgan fingerprint density at radius 1 is 0.257 bits per heavy atom. The van der Waals surface area contributed by atoms with Gasteiger partial charge in [0.25, 0.3) is 0 Å². The molecule has 0 saturated carbocycles. The molecule has 2 aliphatic heterocycles. The van der Waals surface area contributed by atoms with Crippen LogP contribution in [-0.2, 0) is 54.0 Å². The highest BCUT2D eigenvalue weighted by Gasteiger charge is 2.49. The van der Waals surface area contributed by atoms with Gasteiger partial charge in [-0.1, -0.05) is 102 Å². The third-order valence-corrected chi connectivity index (χ3v) is 20.6.